The Bertz CT molecular complexity index is 491. The van der Waals surface area contributed by atoms with Crippen LogP contribution in [0.1, 0.15) is 23.2 Å². The highest BCUT2D eigenvalue weighted by Crippen LogP contribution is 2.30. The van der Waals surface area contributed by atoms with Crippen LogP contribution in [0.4, 0.5) is 10.1 Å². The minimum absolute atomic E-state index is 0.219. The van der Waals surface area contributed by atoms with Gasteiger partial charge in [-0.05, 0) is 43.5 Å². The van der Waals surface area contributed by atoms with Crippen molar-refractivity contribution in [3.05, 3.63) is 29.6 Å². The molecule has 2 unspecified atom stereocenters. The molecule has 0 radical (unpaired) electrons. The fourth-order valence-corrected chi connectivity index (χ4v) is 3.16. The molecule has 0 saturated carbocycles. The number of hydrogen-bond acceptors (Lipinski definition) is 3. The fraction of sp³-hybridized carbons (Fsp3) is 0.500. The maximum atomic E-state index is 14.1. The van der Waals surface area contributed by atoms with Crippen molar-refractivity contribution < 1.29 is 9.18 Å². The number of halogens is 1. The van der Waals surface area contributed by atoms with Gasteiger partial charge in [-0.25, -0.2) is 4.39 Å². The summed E-state index contributed by atoms with van der Waals surface area (Å²) in [5.41, 5.74) is 5.94. The van der Waals surface area contributed by atoms with Gasteiger partial charge >= 0.3 is 0 Å². The van der Waals surface area contributed by atoms with E-state index in [1.165, 1.54) is 18.9 Å². The Balaban J connectivity index is 1.81. The molecule has 5 heteroatoms. The zero-order chi connectivity index (χ0) is 13.4. The Morgan fingerprint density at radius 2 is 2.26 bits per heavy atom. The molecule has 2 atom stereocenters. The zero-order valence-electron chi connectivity index (χ0n) is 10.7. The molecule has 2 aliphatic rings. The first-order valence-electron chi connectivity index (χ1n) is 6.73. The van der Waals surface area contributed by atoms with E-state index < -0.39 is 5.91 Å². The molecule has 102 valence electrons. The molecule has 0 bridgehead atoms. The quantitative estimate of drug-likeness (QED) is 0.840. The lowest BCUT2D eigenvalue weighted by atomic mass is 9.94. The lowest BCUT2D eigenvalue weighted by Crippen LogP contribution is -2.40. The van der Waals surface area contributed by atoms with Gasteiger partial charge in [-0.1, -0.05) is 0 Å². The van der Waals surface area contributed by atoms with E-state index in [1.807, 2.05) is 0 Å². The summed E-state index contributed by atoms with van der Waals surface area (Å²) in [7, 11) is 0. The molecule has 2 fully saturated rings. The van der Waals surface area contributed by atoms with Crippen LogP contribution in [0.3, 0.4) is 0 Å². The van der Waals surface area contributed by atoms with E-state index >= 15 is 0 Å². The number of anilines is 1. The number of fused-ring (bicyclic) bond motifs is 1. The molecule has 3 rings (SSSR count). The standard InChI is InChI=1S/C14H18FN3O/c15-11-6-9(14(16)19)3-4-13(11)18-7-10-2-1-5-17-12(10)8-18/h3-4,6,10,12,17H,1-2,5,7-8H2,(H2,16,19). The average molecular weight is 263 g/mol. The van der Waals surface area contributed by atoms with Crippen molar-refractivity contribution in [3.63, 3.8) is 0 Å². The van der Waals surface area contributed by atoms with Gasteiger partial charge in [0.25, 0.3) is 0 Å². The molecule has 2 saturated heterocycles. The minimum atomic E-state index is -0.595. The minimum Gasteiger partial charge on any atom is -0.367 e. The first-order valence-corrected chi connectivity index (χ1v) is 6.73. The third-order valence-corrected chi connectivity index (χ3v) is 4.17. The molecule has 0 spiro atoms. The van der Waals surface area contributed by atoms with Crippen LogP contribution in [-0.2, 0) is 0 Å². The van der Waals surface area contributed by atoms with Crippen molar-refractivity contribution in [2.75, 3.05) is 24.5 Å². The number of rotatable bonds is 2. The van der Waals surface area contributed by atoms with Crippen molar-refractivity contribution in [3.8, 4) is 0 Å². The Morgan fingerprint density at radius 3 is 2.95 bits per heavy atom. The average Bonchev–Trinajstić information content (AvgIpc) is 2.81. The van der Waals surface area contributed by atoms with Crippen molar-refractivity contribution in [1.29, 1.82) is 0 Å². The lowest BCUT2D eigenvalue weighted by molar-refractivity contribution is 0.1000. The van der Waals surface area contributed by atoms with Gasteiger partial charge < -0.3 is 16.0 Å². The predicted molar refractivity (Wildman–Crippen MR) is 71.6 cm³/mol. The van der Waals surface area contributed by atoms with Gasteiger partial charge in [0.2, 0.25) is 5.91 Å². The normalized spacial score (nSPS) is 26.3. The molecule has 0 aromatic heterocycles. The number of amides is 1. The number of nitrogens with zero attached hydrogens (tertiary/aromatic N) is 1. The number of nitrogens with two attached hydrogens (primary N) is 1. The summed E-state index contributed by atoms with van der Waals surface area (Å²) >= 11 is 0. The highest BCUT2D eigenvalue weighted by molar-refractivity contribution is 5.93. The Hall–Kier alpha value is -1.62. The van der Waals surface area contributed by atoms with E-state index in [4.69, 9.17) is 5.73 Å². The van der Waals surface area contributed by atoms with Gasteiger partial charge in [-0.15, -0.1) is 0 Å². The predicted octanol–water partition coefficient (Wildman–Crippen LogP) is 1.11. The zero-order valence-corrected chi connectivity index (χ0v) is 10.7. The number of carbonyl (C=O) groups is 1. The van der Waals surface area contributed by atoms with E-state index in [-0.39, 0.29) is 11.4 Å². The maximum absolute atomic E-state index is 14.1. The third kappa shape index (κ3) is 2.30. The van der Waals surface area contributed by atoms with Crippen molar-refractivity contribution in [2.24, 2.45) is 11.7 Å². The van der Waals surface area contributed by atoms with Crippen LogP contribution in [0, 0.1) is 11.7 Å². The monoisotopic (exact) mass is 263 g/mol. The van der Waals surface area contributed by atoms with E-state index in [9.17, 15) is 9.18 Å². The van der Waals surface area contributed by atoms with Gasteiger partial charge in [0.1, 0.15) is 5.82 Å². The van der Waals surface area contributed by atoms with E-state index in [0.717, 1.165) is 19.6 Å². The second kappa shape index (κ2) is 4.81. The molecule has 1 amide bonds. The number of piperidine rings is 1. The first kappa shape index (κ1) is 12.4. The summed E-state index contributed by atoms with van der Waals surface area (Å²) in [4.78, 5) is 13.1. The molecule has 19 heavy (non-hydrogen) atoms. The van der Waals surface area contributed by atoms with Crippen LogP contribution in [0.25, 0.3) is 0 Å². The molecule has 0 aliphatic carbocycles. The van der Waals surface area contributed by atoms with Crippen molar-refractivity contribution in [2.45, 2.75) is 18.9 Å². The molecule has 3 N–H and O–H groups in total. The van der Waals surface area contributed by atoms with Crippen LogP contribution in [-0.4, -0.2) is 31.6 Å². The van der Waals surface area contributed by atoms with Crippen LogP contribution in [0.5, 0.6) is 0 Å². The van der Waals surface area contributed by atoms with Gasteiger partial charge in [0.05, 0.1) is 5.69 Å². The van der Waals surface area contributed by atoms with Crippen LogP contribution in [0.2, 0.25) is 0 Å². The second-order valence-corrected chi connectivity index (χ2v) is 5.40. The van der Waals surface area contributed by atoms with Crippen LogP contribution >= 0.6 is 0 Å². The van der Waals surface area contributed by atoms with E-state index in [0.29, 0.717) is 17.6 Å². The molecule has 4 nitrogen and oxygen atoms in total. The topological polar surface area (TPSA) is 58.4 Å². The van der Waals surface area contributed by atoms with Crippen molar-refractivity contribution >= 4 is 11.6 Å². The highest BCUT2D eigenvalue weighted by atomic mass is 19.1. The van der Waals surface area contributed by atoms with E-state index in [1.54, 1.807) is 12.1 Å². The summed E-state index contributed by atoms with van der Waals surface area (Å²) in [5, 5.41) is 3.49. The molecule has 2 heterocycles. The number of carbonyl (C=O) groups excluding carboxylic acids is 1. The SMILES string of the molecule is NC(=O)c1ccc(N2CC3CCCNC3C2)c(F)c1. The molecule has 1 aromatic rings. The van der Waals surface area contributed by atoms with Crippen LogP contribution < -0.4 is 16.0 Å². The smallest absolute Gasteiger partial charge is 0.248 e. The Morgan fingerprint density at radius 1 is 1.42 bits per heavy atom. The Labute approximate surface area is 111 Å². The largest absolute Gasteiger partial charge is 0.367 e. The Kier molecular flexibility index (Phi) is 3.14. The molecular weight excluding hydrogens is 245 g/mol. The lowest BCUT2D eigenvalue weighted by Gasteiger charge is -2.24. The summed E-state index contributed by atoms with van der Waals surface area (Å²) < 4.78 is 14.1. The molecular formula is C14H18FN3O. The van der Waals surface area contributed by atoms with Gasteiger partial charge in [-0.3, -0.25) is 4.79 Å². The molecule has 1 aromatic carbocycles. The summed E-state index contributed by atoms with van der Waals surface area (Å²) in [6, 6.07) is 4.94. The van der Waals surface area contributed by atoms with Gasteiger partial charge in [-0.2, -0.15) is 0 Å². The summed E-state index contributed by atoms with van der Waals surface area (Å²) in [5.74, 6) is -0.360. The highest BCUT2D eigenvalue weighted by Gasteiger charge is 2.35. The number of benzene rings is 1. The number of hydrogen-bond donors (Lipinski definition) is 2. The van der Waals surface area contributed by atoms with Gasteiger partial charge in [0.15, 0.2) is 0 Å². The molecule has 2 aliphatic heterocycles. The fourth-order valence-electron chi connectivity index (χ4n) is 3.16. The maximum Gasteiger partial charge on any atom is 0.248 e. The number of nitrogens with one attached hydrogen (secondary N) is 1. The third-order valence-electron chi connectivity index (χ3n) is 4.17. The summed E-state index contributed by atoms with van der Waals surface area (Å²) in [6.07, 6.45) is 2.40. The summed E-state index contributed by atoms with van der Waals surface area (Å²) in [6.45, 7) is 2.76. The van der Waals surface area contributed by atoms with Gasteiger partial charge in [0, 0.05) is 24.7 Å². The first-order chi connectivity index (χ1) is 9.15. The second-order valence-electron chi connectivity index (χ2n) is 5.40. The van der Waals surface area contributed by atoms with Crippen molar-refractivity contribution in [1.82, 2.24) is 5.32 Å². The van der Waals surface area contributed by atoms with Crippen LogP contribution in [0.15, 0.2) is 18.2 Å². The van der Waals surface area contributed by atoms with E-state index in [2.05, 4.69) is 10.2 Å². The number of primary amides is 1.